The lowest BCUT2D eigenvalue weighted by atomic mass is 10.2. The Morgan fingerprint density at radius 3 is 1.96 bits per heavy atom. The van der Waals surface area contributed by atoms with Crippen LogP contribution in [0, 0.1) is 11.8 Å². The van der Waals surface area contributed by atoms with Crippen LogP contribution in [0.2, 0.25) is 0 Å². The molecule has 3 N–H and O–H groups in total. The molecule has 0 radical (unpaired) electrons. The van der Waals surface area contributed by atoms with Crippen LogP contribution >= 0.6 is 0 Å². The van der Waals surface area contributed by atoms with Gasteiger partial charge < -0.3 is 20.4 Å². The third kappa shape index (κ3) is 10.3. The van der Waals surface area contributed by atoms with Crippen LogP contribution in [-0.2, 0) is 6.50 Å². The molecular formula is C22H32N2O3. The fraction of sp³-hybridized carbons (Fsp3) is 0.409. The molecule has 0 heterocycles. The summed E-state index contributed by atoms with van der Waals surface area (Å²) in [6, 6.07) is -8.44. The van der Waals surface area contributed by atoms with Gasteiger partial charge in [-0.15, -0.1) is 0 Å². The van der Waals surface area contributed by atoms with Gasteiger partial charge in [0.05, 0.1) is 37.1 Å². The van der Waals surface area contributed by atoms with Crippen molar-refractivity contribution in [1.82, 2.24) is 0 Å². The molecule has 0 bridgehead atoms. The van der Waals surface area contributed by atoms with Crippen molar-refractivity contribution in [2.45, 2.75) is 33.9 Å². The van der Waals surface area contributed by atoms with Crippen molar-refractivity contribution < 1.29 is 54.4 Å². The van der Waals surface area contributed by atoms with E-state index in [0.29, 0.717) is 0 Å². The van der Waals surface area contributed by atoms with Crippen LogP contribution in [0.4, 0.5) is 0 Å². The highest BCUT2D eigenvalue weighted by atomic mass is 16.5. The van der Waals surface area contributed by atoms with E-state index in [1.807, 2.05) is 0 Å². The average Bonchev–Trinajstić information content (AvgIpc) is 2.99. The highest BCUT2D eigenvalue weighted by Crippen LogP contribution is 2.13. The van der Waals surface area contributed by atoms with Crippen LogP contribution in [-0.4, -0.2) is 24.5 Å². The molecule has 2 aromatic carbocycles. The Hall–Kier alpha value is -2.53. The van der Waals surface area contributed by atoms with Crippen LogP contribution in [0.5, 0.6) is 11.5 Å². The zero-order valence-electron chi connectivity index (χ0n) is 42.3. The van der Waals surface area contributed by atoms with E-state index >= 15 is 0 Å². The molecule has 0 atom stereocenters. The SMILES string of the molecule is [2H]/C(=N\O)c1c([2H])c([2H])c(OC([2H])([2H])C([2H])(C([2H])([2H])[2H])C([2H])([2H])[2H])c([2H])c1[2H].[2H]c1c([2H])c(C([2H])([2H])N)c([2H])c([2H])c1OC([2H])([2H])C([2H])(C([2H])([2H])[2H])C([2H])([2H])[2H]. The predicted octanol–water partition coefficient (Wildman–Crippen LogP) is 4.71. The largest absolute Gasteiger partial charge is 0.493 e. The summed E-state index contributed by atoms with van der Waals surface area (Å²) >= 11 is 0. The fourth-order valence-corrected chi connectivity index (χ4v) is 1.09. The molecule has 5 heteroatoms. The molecular weight excluding hydrogens is 340 g/mol. The number of nitrogens with two attached hydrogens (primary N) is 1. The lowest BCUT2D eigenvalue weighted by molar-refractivity contribution is 0.271. The van der Waals surface area contributed by atoms with Crippen LogP contribution in [0.15, 0.2) is 53.5 Å². The Morgan fingerprint density at radius 1 is 1.07 bits per heavy atom. The number of ether oxygens (including phenoxy) is 2. The first-order valence-electron chi connectivity index (χ1n) is 21.0. The zero-order valence-corrected chi connectivity index (χ0v) is 13.3. The van der Waals surface area contributed by atoms with E-state index in [0.717, 1.165) is 0 Å². The van der Waals surface area contributed by atoms with Gasteiger partial charge in [0.2, 0.25) is 0 Å². The van der Waals surface area contributed by atoms with Crippen molar-refractivity contribution >= 4 is 6.19 Å². The van der Waals surface area contributed by atoms with Gasteiger partial charge in [-0.05, 0) is 59.2 Å². The second-order valence-electron chi connectivity index (χ2n) is 3.92. The third-order valence-electron chi connectivity index (χ3n) is 2.02. The standard InChI is InChI=1S/C11H15NO2.C11H17NO/c1-9(2)8-14-11-5-3-10(4-6-11)7-12-13;1-9(2)8-13-11-5-3-10(7-12)4-6-11/h3-7,9,13H,8H2,1-2H3;3-6,9H,7-8,12H2,1-2H3/b12-7+;/i1D3,2D3,3D,4D,5D,6D,7D,8D2,9D;1D3,2D3,3D,4D,5D,6D,7D2,8D2,9D. The molecule has 0 spiro atoms. The number of benzene rings is 2. The van der Waals surface area contributed by atoms with Crippen LogP contribution in [0.3, 0.4) is 0 Å². The normalized spacial score (nSPS) is 31.0. The Morgan fingerprint density at radius 2 is 1.56 bits per heavy atom. The lowest BCUT2D eigenvalue weighted by Crippen LogP contribution is -2.04. The summed E-state index contributed by atoms with van der Waals surface area (Å²) in [6.45, 7) is -25.3. The van der Waals surface area contributed by atoms with E-state index in [4.69, 9.17) is 50.7 Å². The molecule has 0 aromatic heterocycles. The minimum absolute atomic E-state index is 0.755. The van der Waals surface area contributed by atoms with Crippen LogP contribution < -0.4 is 15.2 Å². The van der Waals surface area contributed by atoms with Crippen molar-refractivity contribution in [3.8, 4) is 11.5 Å². The lowest BCUT2D eigenvalue weighted by Gasteiger charge is -2.08. The monoisotopic (exact) mass is 401 g/mol. The summed E-state index contributed by atoms with van der Waals surface area (Å²) in [4.78, 5) is 0. The summed E-state index contributed by atoms with van der Waals surface area (Å²) in [6.07, 6.45) is -1.04. The zero-order chi connectivity index (χ0) is 45.1. The quantitative estimate of drug-likeness (QED) is 0.381. The van der Waals surface area contributed by atoms with E-state index < -0.39 is 136 Å². The molecule has 5 nitrogen and oxygen atoms in total. The van der Waals surface area contributed by atoms with E-state index in [9.17, 15) is 0 Å². The summed E-state index contributed by atoms with van der Waals surface area (Å²) in [5, 5.41) is 11.1. The summed E-state index contributed by atoms with van der Waals surface area (Å²) < 4.78 is 228. The maximum absolute atomic E-state index is 8.63. The van der Waals surface area contributed by atoms with E-state index in [-0.39, 0.29) is 0 Å². The van der Waals surface area contributed by atoms with E-state index in [2.05, 4.69) is 14.6 Å². The van der Waals surface area contributed by atoms with Gasteiger partial charge in [0.1, 0.15) is 11.5 Å². The van der Waals surface area contributed by atoms with Gasteiger partial charge in [0, 0.05) is 28.4 Å². The van der Waals surface area contributed by atoms with E-state index in [1.165, 1.54) is 0 Å². The molecule has 0 saturated heterocycles. The molecule has 2 rings (SSSR count). The Kier molecular flexibility index (Phi) is 2.23. The number of hydrogen-bond donors (Lipinski definition) is 2. The Balaban J connectivity index is 0.000000560. The number of oxime groups is 1. The second-order valence-corrected chi connectivity index (χ2v) is 3.92. The number of nitrogens with zero attached hydrogens (tertiary/aromatic N) is 1. The molecule has 0 fully saturated rings. The number of rotatable bonds is 8. The molecule has 0 aliphatic heterocycles. The van der Waals surface area contributed by atoms with Crippen molar-refractivity contribution in [2.24, 2.45) is 22.7 Å². The smallest absolute Gasteiger partial charge is 0.119 e. The Bertz CT molecular complexity index is 1730. The minimum atomic E-state index is -3.85. The van der Waals surface area contributed by atoms with Crippen LogP contribution in [0.1, 0.15) is 78.3 Å². The molecule has 0 aliphatic rings. The van der Waals surface area contributed by atoms with Crippen LogP contribution in [0.25, 0.3) is 0 Å². The predicted molar refractivity (Wildman–Crippen MR) is 111 cm³/mol. The summed E-state index contributed by atoms with van der Waals surface area (Å²) in [5.74, 6) is -10.0. The molecule has 27 heavy (non-hydrogen) atoms. The molecule has 0 unspecified atom stereocenters. The first-order valence-corrected chi connectivity index (χ1v) is 6.53. The third-order valence-corrected chi connectivity index (χ3v) is 2.02. The van der Waals surface area contributed by atoms with Gasteiger partial charge in [-0.25, -0.2) is 0 Å². The fourth-order valence-electron chi connectivity index (χ4n) is 1.09. The van der Waals surface area contributed by atoms with E-state index in [1.54, 1.807) is 0 Å². The highest BCUT2D eigenvalue weighted by molar-refractivity contribution is 5.79. The number of hydrogen-bond acceptors (Lipinski definition) is 5. The Labute approximate surface area is 203 Å². The van der Waals surface area contributed by atoms with Gasteiger partial charge in [-0.3, -0.25) is 0 Å². The van der Waals surface area contributed by atoms with Crippen molar-refractivity contribution in [3.63, 3.8) is 0 Å². The average molecular weight is 402 g/mol. The van der Waals surface area contributed by atoms with Gasteiger partial charge in [0.15, 0.2) is 0 Å². The summed E-state index contributed by atoms with van der Waals surface area (Å²) in [5.41, 5.74) is 3.57. The molecule has 2 aromatic rings. The second kappa shape index (κ2) is 12.8. The maximum atomic E-state index is 8.63. The van der Waals surface area contributed by atoms with Gasteiger partial charge >= 0.3 is 0 Å². The minimum Gasteiger partial charge on any atom is -0.493 e. The van der Waals surface area contributed by atoms with Crippen molar-refractivity contribution in [1.29, 1.82) is 0 Å². The van der Waals surface area contributed by atoms with Gasteiger partial charge in [-0.1, -0.05) is 44.6 Å². The maximum Gasteiger partial charge on any atom is 0.119 e. The van der Waals surface area contributed by atoms with Gasteiger partial charge in [0.25, 0.3) is 0 Å². The molecule has 0 saturated carbocycles. The van der Waals surface area contributed by atoms with Crippen molar-refractivity contribution in [2.75, 3.05) is 13.1 Å². The molecule has 0 aliphatic carbocycles. The highest BCUT2D eigenvalue weighted by Gasteiger charge is 1.97. The van der Waals surface area contributed by atoms with Gasteiger partial charge in [-0.2, -0.15) is 0 Å². The van der Waals surface area contributed by atoms with Crippen molar-refractivity contribution in [3.05, 3.63) is 59.5 Å². The molecule has 0 amide bonds. The first-order chi connectivity index (χ1) is 24.5. The first kappa shape index (κ1) is 4.71. The summed E-state index contributed by atoms with van der Waals surface area (Å²) in [7, 11) is 0. The molecule has 148 valence electrons. The topological polar surface area (TPSA) is 77.1 Å².